The van der Waals surface area contributed by atoms with E-state index in [1.807, 2.05) is 0 Å². The van der Waals surface area contributed by atoms with Gasteiger partial charge in [0.2, 0.25) is 0 Å². The zero-order chi connectivity index (χ0) is 9.26. The lowest BCUT2D eigenvalue weighted by Crippen LogP contribution is -2.16. The molecule has 13 heavy (non-hydrogen) atoms. The Kier molecular flexibility index (Phi) is 2.06. The van der Waals surface area contributed by atoms with E-state index in [1.54, 1.807) is 12.1 Å². The average Bonchev–Trinajstić information content (AvgIpc) is 2.74. The fraction of sp³-hybridized carbons (Fsp3) is 0.444. The summed E-state index contributed by atoms with van der Waals surface area (Å²) in [6, 6.07) is 3.47. The van der Waals surface area contributed by atoms with Gasteiger partial charge in [0, 0.05) is 6.61 Å². The smallest absolute Gasteiger partial charge is 0.309 e. The zero-order valence-electron chi connectivity index (χ0n) is 6.97. The first-order chi connectivity index (χ1) is 6.29. The van der Waals surface area contributed by atoms with Gasteiger partial charge in [-0.2, -0.15) is 0 Å². The number of carboxylic acid groups (broad SMARTS) is 1. The lowest BCUT2D eigenvalue weighted by Gasteiger charge is -2.11. The normalized spacial score (nSPS) is 27.7. The predicted molar refractivity (Wildman–Crippen MR) is 43.1 cm³/mol. The number of hydrogen-bond donors (Lipinski definition) is 1. The number of aliphatic carboxylic acids is 1. The highest BCUT2D eigenvalue weighted by molar-refractivity contribution is 5.71. The summed E-state index contributed by atoms with van der Waals surface area (Å²) in [6.07, 6.45) is 1.67. The molecule has 4 nitrogen and oxygen atoms in total. The highest BCUT2D eigenvalue weighted by Crippen LogP contribution is 2.34. The molecule has 0 spiro atoms. The Hall–Kier alpha value is -1.29. The summed E-state index contributed by atoms with van der Waals surface area (Å²) in [7, 11) is 0. The Bertz CT molecular complexity index is 291. The van der Waals surface area contributed by atoms with Crippen LogP contribution in [0.5, 0.6) is 0 Å². The van der Waals surface area contributed by atoms with Gasteiger partial charge < -0.3 is 14.3 Å². The maximum Gasteiger partial charge on any atom is 0.309 e. The van der Waals surface area contributed by atoms with Gasteiger partial charge in [-0.15, -0.1) is 0 Å². The molecule has 70 valence electrons. The summed E-state index contributed by atoms with van der Waals surface area (Å²) in [5, 5.41) is 8.86. The van der Waals surface area contributed by atoms with E-state index in [0.29, 0.717) is 18.8 Å². The largest absolute Gasteiger partial charge is 0.481 e. The molecule has 1 fully saturated rings. The number of furan rings is 1. The molecule has 0 amide bonds. The predicted octanol–water partition coefficient (Wildman–Crippen LogP) is 1.44. The topological polar surface area (TPSA) is 59.7 Å². The van der Waals surface area contributed by atoms with Crippen LogP contribution in [0.1, 0.15) is 18.3 Å². The number of hydrogen-bond acceptors (Lipinski definition) is 3. The van der Waals surface area contributed by atoms with Crippen molar-refractivity contribution in [2.75, 3.05) is 6.61 Å². The first-order valence-corrected chi connectivity index (χ1v) is 4.17. The van der Waals surface area contributed by atoms with E-state index in [1.165, 1.54) is 6.26 Å². The van der Waals surface area contributed by atoms with E-state index in [-0.39, 0.29) is 0 Å². The van der Waals surface area contributed by atoms with Crippen LogP contribution in [0.25, 0.3) is 0 Å². The average molecular weight is 182 g/mol. The molecule has 0 unspecified atom stereocenters. The molecule has 1 aliphatic rings. The Morgan fingerprint density at radius 3 is 3.08 bits per heavy atom. The van der Waals surface area contributed by atoms with Gasteiger partial charge in [-0.3, -0.25) is 4.79 Å². The van der Waals surface area contributed by atoms with E-state index >= 15 is 0 Å². The van der Waals surface area contributed by atoms with Gasteiger partial charge in [0.25, 0.3) is 0 Å². The van der Waals surface area contributed by atoms with Crippen molar-refractivity contribution in [1.29, 1.82) is 0 Å². The lowest BCUT2D eigenvalue weighted by atomic mass is 10.0. The molecule has 0 radical (unpaired) electrons. The van der Waals surface area contributed by atoms with Crippen LogP contribution in [-0.4, -0.2) is 17.7 Å². The van der Waals surface area contributed by atoms with Gasteiger partial charge in [0.1, 0.15) is 11.9 Å². The summed E-state index contributed by atoms with van der Waals surface area (Å²) in [5.74, 6) is -0.685. The molecule has 1 aliphatic heterocycles. The molecule has 0 bridgehead atoms. The molecule has 1 N–H and O–H groups in total. The Labute approximate surface area is 75.1 Å². The van der Waals surface area contributed by atoms with Crippen molar-refractivity contribution in [3.63, 3.8) is 0 Å². The van der Waals surface area contributed by atoms with Crippen LogP contribution in [0.15, 0.2) is 22.8 Å². The third kappa shape index (κ3) is 1.45. The first kappa shape index (κ1) is 8.31. The summed E-state index contributed by atoms with van der Waals surface area (Å²) in [6.45, 7) is 0.488. The fourth-order valence-corrected chi connectivity index (χ4v) is 1.58. The van der Waals surface area contributed by atoms with E-state index in [9.17, 15) is 4.79 Å². The second kappa shape index (κ2) is 3.22. The quantitative estimate of drug-likeness (QED) is 0.751. The van der Waals surface area contributed by atoms with Gasteiger partial charge in [-0.25, -0.2) is 0 Å². The van der Waals surface area contributed by atoms with Crippen LogP contribution in [-0.2, 0) is 9.53 Å². The maximum atomic E-state index is 10.8. The minimum Gasteiger partial charge on any atom is -0.481 e. The molecule has 2 atom stereocenters. The second-order valence-electron chi connectivity index (χ2n) is 3.04. The molecule has 1 aromatic heterocycles. The van der Waals surface area contributed by atoms with Crippen LogP contribution in [0.3, 0.4) is 0 Å². The van der Waals surface area contributed by atoms with Crippen LogP contribution in [0, 0.1) is 5.92 Å². The zero-order valence-corrected chi connectivity index (χ0v) is 6.97. The molecule has 1 saturated heterocycles. The van der Waals surface area contributed by atoms with E-state index in [2.05, 4.69) is 0 Å². The van der Waals surface area contributed by atoms with Crippen molar-refractivity contribution in [3.05, 3.63) is 24.2 Å². The molecule has 2 rings (SSSR count). The fourth-order valence-electron chi connectivity index (χ4n) is 1.58. The van der Waals surface area contributed by atoms with Crippen molar-refractivity contribution in [1.82, 2.24) is 0 Å². The number of carboxylic acids is 1. The maximum absolute atomic E-state index is 10.8. The monoisotopic (exact) mass is 182 g/mol. The molecule has 0 aliphatic carbocycles. The van der Waals surface area contributed by atoms with E-state index in [0.717, 1.165) is 0 Å². The lowest BCUT2D eigenvalue weighted by molar-refractivity contribution is -0.144. The minimum absolute atomic E-state index is 0.410. The molecular formula is C9H10O4. The summed E-state index contributed by atoms with van der Waals surface area (Å²) < 4.78 is 10.4. The highest BCUT2D eigenvalue weighted by Gasteiger charge is 2.36. The third-order valence-electron chi connectivity index (χ3n) is 2.23. The van der Waals surface area contributed by atoms with Crippen molar-refractivity contribution in [3.8, 4) is 0 Å². The first-order valence-electron chi connectivity index (χ1n) is 4.17. The van der Waals surface area contributed by atoms with Gasteiger partial charge >= 0.3 is 5.97 Å². The van der Waals surface area contributed by atoms with Crippen LogP contribution in [0.4, 0.5) is 0 Å². The molecule has 2 heterocycles. The Balaban J connectivity index is 2.19. The molecule has 0 saturated carbocycles. The Morgan fingerprint density at radius 2 is 2.46 bits per heavy atom. The number of rotatable bonds is 2. The van der Waals surface area contributed by atoms with Crippen molar-refractivity contribution >= 4 is 5.97 Å². The standard InChI is InChI=1S/C9H10O4/c10-9(11)6-3-5-13-8(6)7-2-1-4-12-7/h1-2,4,6,8H,3,5H2,(H,10,11)/t6-,8-/m1/s1. The van der Waals surface area contributed by atoms with Gasteiger partial charge in [0.15, 0.2) is 0 Å². The van der Waals surface area contributed by atoms with Gasteiger partial charge in [0.05, 0.1) is 12.2 Å². The van der Waals surface area contributed by atoms with E-state index in [4.69, 9.17) is 14.3 Å². The summed E-state index contributed by atoms with van der Waals surface area (Å²) in [5.41, 5.74) is 0. The second-order valence-corrected chi connectivity index (χ2v) is 3.04. The molecule has 0 aromatic carbocycles. The van der Waals surface area contributed by atoms with Crippen LogP contribution < -0.4 is 0 Å². The van der Waals surface area contributed by atoms with Crippen LogP contribution in [0.2, 0.25) is 0 Å². The van der Waals surface area contributed by atoms with Crippen molar-refractivity contribution in [2.45, 2.75) is 12.5 Å². The summed E-state index contributed by atoms with van der Waals surface area (Å²) >= 11 is 0. The molecule has 4 heteroatoms. The number of carbonyl (C=O) groups is 1. The van der Waals surface area contributed by atoms with Crippen molar-refractivity contribution < 1.29 is 19.1 Å². The SMILES string of the molecule is O=C(O)[C@@H]1CCO[C@H]1c1ccco1. The number of ether oxygens (including phenoxy) is 1. The van der Waals surface area contributed by atoms with E-state index < -0.39 is 18.0 Å². The molecule has 1 aromatic rings. The van der Waals surface area contributed by atoms with Crippen molar-refractivity contribution in [2.24, 2.45) is 5.92 Å². The Morgan fingerprint density at radius 1 is 1.62 bits per heavy atom. The third-order valence-corrected chi connectivity index (χ3v) is 2.23. The molecular weight excluding hydrogens is 172 g/mol. The van der Waals surface area contributed by atoms with Gasteiger partial charge in [-0.1, -0.05) is 0 Å². The highest BCUT2D eigenvalue weighted by atomic mass is 16.5. The van der Waals surface area contributed by atoms with Crippen LogP contribution >= 0.6 is 0 Å². The van der Waals surface area contributed by atoms with Gasteiger partial charge in [-0.05, 0) is 18.6 Å². The summed E-state index contributed by atoms with van der Waals surface area (Å²) in [4.78, 5) is 10.8. The minimum atomic E-state index is -0.820.